The molecule has 1 aliphatic carbocycles. The molecule has 0 fully saturated rings. The van der Waals surface area contributed by atoms with Crippen molar-refractivity contribution in [1.29, 1.82) is 0 Å². The van der Waals surface area contributed by atoms with Crippen molar-refractivity contribution < 1.29 is 5.11 Å². The van der Waals surface area contributed by atoms with Gasteiger partial charge in [0.15, 0.2) is 0 Å². The molecule has 2 aromatic carbocycles. The highest BCUT2D eigenvalue weighted by Gasteiger charge is 2.25. The Labute approximate surface area is 152 Å². The first kappa shape index (κ1) is 18.4. The molecule has 25 heavy (non-hydrogen) atoms. The second-order valence-electron chi connectivity index (χ2n) is 7.58. The van der Waals surface area contributed by atoms with E-state index in [1.165, 1.54) is 41.2 Å². The molecule has 1 N–H and O–H groups in total. The molecular weight excluding hydrogens is 306 g/mol. The average Bonchev–Trinajstić information content (AvgIpc) is 2.66. The van der Waals surface area contributed by atoms with Crippen molar-refractivity contribution in [2.45, 2.75) is 71.4 Å². The number of aliphatic hydroxyl groups is 1. The number of nitrogens with zero attached hydrogens (tertiary/aromatic N) is 1. The summed E-state index contributed by atoms with van der Waals surface area (Å²) in [6.45, 7) is 8.72. The minimum Gasteiger partial charge on any atom is -0.387 e. The number of hydrogen-bond acceptors (Lipinski definition) is 2. The molecule has 0 saturated heterocycles. The fraction of sp³-hybridized carbons (Fsp3) is 0.565. The summed E-state index contributed by atoms with van der Waals surface area (Å²) < 4.78 is 0. The van der Waals surface area contributed by atoms with E-state index in [2.05, 4.69) is 56.0 Å². The van der Waals surface area contributed by atoms with E-state index in [-0.39, 0.29) is 6.04 Å². The van der Waals surface area contributed by atoms with Gasteiger partial charge in [-0.3, -0.25) is 4.90 Å². The minimum atomic E-state index is -0.435. The van der Waals surface area contributed by atoms with Crippen LogP contribution in [-0.2, 0) is 12.8 Å². The number of aliphatic hydroxyl groups excluding tert-OH is 1. The topological polar surface area (TPSA) is 23.5 Å². The smallest absolute Gasteiger partial charge is 0.0948 e. The quantitative estimate of drug-likeness (QED) is 0.743. The molecule has 0 aliphatic heterocycles. The zero-order chi connectivity index (χ0) is 17.8. The van der Waals surface area contributed by atoms with Crippen LogP contribution in [0.5, 0.6) is 0 Å². The zero-order valence-electron chi connectivity index (χ0n) is 16.1. The summed E-state index contributed by atoms with van der Waals surface area (Å²) in [7, 11) is 0. The summed E-state index contributed by atoms with van der Waals surface area (Å²) in [5.74, 6) is 0. The molecule has 2 nitrogen and oxygen atoms in total. The largest absolute Gasteiger partial charge is 0.387 e. The highest BCUT2D eigenvalue weighted by atomic mass is 16.3. The molecule has 136 valence electrons. The van der Waals surface area contributed by atoms with Crippen LogP contribution in [0.25, 0.3) is 10.8 Å². The molecule has 0 spiro atoms. The third-order valence-corrected chi connectivity index (χ3v) is 5.78. The van der Waals surface area contributed by atoms with E-state index in [0.29, 0.717) is 0 Å². The van der Waals surface area contributed by atoms with Crippen LogP contribution < -0.4 is 0 Å². The molecule has 2 heteroatoms. The highest BCUT2D eigenvalue weighted by Crippen LogP contribution is 2.35. The zero-order valence-corrected chi connectivity index (χ0v) is 16.1. The van der Waals surface area contributed by atoms with Crippen molar-refractivity contribution in [3.63, 3.8) is 0 Å². The van der Waals surface area contributed by atoms with E-state index < -0.39 is 6.10 Å². The number of fused-ring (bicyclic) bond motifs is 3. The highest BCUT2D eigenvalue weighted by molar-refractivity contribution is 5.90. The summed E-state index contributed by atoms with van der Waals surface area (Å²) >= 11 is 0. The lowest BCUT2D eigenvalue weighted by molar-refractivity contribution is 0.0585. The average molecular weight is 340 g/mol. The Bertz CT molecular complexity index is 703. The molecule has 0 heterocycles. The van der Waals surface area contributed by atoms with Crippen LogP contribution in [0.2, 0.25) is 0 Å². The SMILES string of the molecule is CCCN(CCC)[C@H](C)[C@H](O)c1cc2c(c3ccccc13)CCCC2. The molecule has 2 aromatic rings. The first-order valence-electron chi connectivity index (χ1n) is 10.1. The molecule has 0 bridgehead atoms. The van der Waals surface area contributed by atoms with Gasteiger partial charge in [-0.05, 0) is 86.0 Å². The number of rotatable bonds is 7. The predicted molar refractivity (Wildman–Crippen MR) is 107 cm³/mol. The van der Waals surface area contributed by atoms with Crippen LogP contribution >= 0.6 is 0 Å². The van der Waals surface area contributed by atoms with Crippen molar-refractivity contribution >= 4 is 10.8 Å². The van der Waals surface area contributed by atoms with Gasteiger partial charge in [-0.2, -0.15) is 0 Å². The summed E-state index contributed by atoms with van der Waals surface area (Å²) in [6, 6.07) is 11.1. The van der Waals surface area contributed by atoms with Gasteiger partial charge in [0.05, 0.1) is 6.10 Å². The Hall–Kier alpha value is -1.38. The van der Waals surface area contributed by atoms with Gasteiger partial charge in [-0.15, -0.1) is 0 Å². The maximum absolute atomic E-state index is 11.3. The van der Waals surface area contributed by atoms with Gasteiger partial charge < -0.3 is 5.11 Å². The van der Waals surface area contributed by atoms with Crippen LogP contribution in [0.4, 0.5) is 0 Å². The molecule has 0 aromatic heterocycles. The third-order valence-electron chi connectivity index (χ3n) is 5.78. The molecule has 0 saturated carbocycles. The van der Waals surface area contributed by atoms with Gasteiger partial charge in [-0.25, -0.2) is 0 Å². The summed E-state index contributed by atoms with van der Waals surface area (Å²) in [5.41, 5.74) is 4.11. The minimum absolute atomic E-state index is 0.143. The second kappa shape index (κ2) is 8.33. The van der Waals surface area contributed by atoms with Crippen molar-refractivity contribution in [3.8, 4) is 0 Å². The van der Waals surface area contributed by atoms with Crippen molar-refractivity contribution in [1.82, 2.24) is 4.90 Å². The van der Waals surface area contributed by atoms with E-state index >= 15 is 0 Å². The molecular formula is C23H33NO. The number of benzene rings is 2. The summed E-state index contributed by atoms with van der Waals surface area (Å²) in [4.78, 5) is 2.44. The number of hydrogen-bond donors (Lipinski definition) is 1. The van der Waals surface area contributed by atoms with Crippen molar-refractivity contribution in [3.05, 3.63) is 47.0 Å². The fourth-order valence-corrected chi connectivity index (χ4v) is 4.46. The Kier molecular flexibility index (Phi) is 6.14. The van der Waals surface area contributed by atoms with Crippen LogP contribution in [0.1, 0.15) is 69.2 Å². The Morgan fingerprint density at radius 3 is 2.32 bits per heavy atom. The van der Waals surface area contributed by atoms with Crippen LogP contribution in [0.15, 0.2) is 30.3 Å². The Balaban J connectivity index is 2.02. The van der Waals surface area contributed by atoms with Gasteiger partial charge >= 0.3 is 0 Å². The lowest BCUT2D eigenvalue weighted by Gasteiger charge is -2.33. The first-order valence-corrected chi connectivity index (χ1v) is 10.1. The van der Waals surface area contributed by atoms with E-state index in [4.69, 9.17) is 0 Å². The van der Waals surface area contributed by atoms with Gasteiger partial charge in [-0.1, -0.05) is 44.2 Å². The first-order chi connectivity index (χ1) is 12.2. The standard InChI is InChI=1S/C23H33NO/c1-4-14-24(15-5-2)17(3)23(25)22-16-18-10-6-7-11-19(18)20-12-8-9-13-21(20)22/h8-9,12-13,16-17,23,25H,4-7,10-11,14-15H2,1-3H3/t17-,23+/m1/s1. The molecule has 1 aliphatic rings. The Morgan fingerprint density at radius 1 is 1.00 bits per heavy atom. The molecule has 0 amide bonds. The van der Waals surface area contributed by atoms with Crippen LogP contribution in [-0.4, -0.2) is 29.1 Å². The molecule has 0 unspecified atom stereocenters. The van der Waals surface area contributed by atoms with Crippen LogP contribution in [0.3, 0.4) is 0 Å². The predicted octanol–water partition coefficient (Wildman–Crippen LogP) is 5.26. The lowest BCUT2D eigenvalue weighted by Crippen LogP contribution is -2.38. The van der Waals surface area contributed by atoms with Gasteiger partial charge in [0.25, 0.3) is 0 Å². The van der Waals surface area contributed by atoms with Crippen LogP contribution in [0, 0.1) is 0 Å². The van der Waals surface area contributed by atoms with E-state index in [0.717, 1.165) is 37.9 Å². The molecule has 2 atom stereocenters. The summed E-state index contributed by atoms with van der Waals surface area (Å²) in [6.07, 6.45) is 6.71. The molecule has 0 radical (unpaired) electrons. The van der Waals surface area contributed by atoms with Gasteiger partial charge in [0.1, 0.15) is 0 Å². The second-order valence-corrected chi connectivity index (χ2v) is 7.58. The monoisotopic (exact) mass is 339 g/mol. The maximum atomic E-state index is 11.3. The van der Waals surface area contributed by atoms with Crippen molar-refractivity contribution in [2.24, 2.45) is 0 Å². The lowest BCUT2D eigenvalue weighted by atomic mass is 9.83. The third kappa shape index (κ3) is 3.75. The van der Waals surface area contributed by atoms with Crippen molar-refractivity contribution in [2.75, 3.05) is 13.1 Å². The van der Waals surface area contributed by atoms with Gasteiger partial charge in [0.2, 0.25) is 0 Å². The Morgan fingerprint density at radius 2 is 1.64 bits per heavy atom. The summed E-state index contributed by atoms with van der Waals surface area (Å²) in [5, 5.41) is 13.9. The number of aryl methyl sites for hydroxylation is 2. The van der Waals surface area contributed by atoms with E-state index in [9.17, 15) is 5.11 Å². The molecule has 3 rings (SSSR count). The van der Waals surface area contributed by atoms with E-state index in [1.54, 1.807) is 0 Å². The fourth-order valence-electron chi connectivity index (χ4n) is 4.46. The normalized spacial score (nSPS) is 16.8. The van der Waals surface area contributed by atoms with Gasteiger partial charge in [0, 0.05) is 6.04 Å². The van der Waals surface area contributed by atoms with E-state index in [1.807, 2.05) is 0 Å². The maximum Gasteiger partial charge on any atom is 0.0948 e.